The summed E-state index contributed by atoms with van der Waals surface area (Å²) in [5.41, 5.74) is 0. The maximum atomic E-state index is 11.6. The molecule has 2 rings (SSSR count). The van der Waals surface area contributed by atoms with E-state index in [0.717, 1.165) is 30.4 Å². The highest BCUT2D eigenvalue weighted by Crippen LogP contribution is 2.39. The fraction of sp³-hybridized carbons (Fsp3) is 0.636. The van der Waals surface area contributed by atoms with Crippen LogP contribution in [0.2, 0.25) is 0 Å². The predicted octanol–water partition coefficient (Wildman–Crippen LogP) is 0.196. The molecule has 0 radical (unpaired) electrons. The van der Waals surface area contributed by atoms with Gasteiger partial charge in [-0.25, -0.2) is 9.47 Å². The molecule has 1 aliphatic rings. The molecule has 0 atom stereocenters. The minimum absolute atomic E-state index is 0.0244. The van der Waals surface area contributed by atoms with Crippen LogP contribution in [0.5, 0.6) is 0 Å². The standard InChI is InChI=1S/C11H18N6O2S/c1-6(2)13-10(19)14-8(18)5-20-11-16-15-9(17(11)12)7-3-4-7/h6-7H,3-5,12H2,1-2H3,(H2,13,14,18,19). The van der Waals surface area contributed by atoms with Crippen molar-refractivity contribution in [2.75, 3.05) is 11.6 Å². The summed E-state index contributed by atoms with van der Waals surface area (Å²) in [4.78, 5) is 22.9. The zero-order valence-electron chi connectivity index (χ0n) is 11.4. The van der Waals surface area contributed by atoms with E-state index < -0.39 is 11.9 Å². The maximum Gasteiger partial charge on any atom is 0.321 e. The zero-order chi connectivity index (χ0) is 14.7. The van der Waals surface area contributed by atoms with E-state index in [-0.39, 0.29) is 11.8 Å². The van der Waals surface area contributed by atoms with Gasteiger partial charge in [-0.2, -0.15) is 0 Å². The first-order valence-electron chi connectivity index (χ1n) is 6.41. The van der Waals surface area contributed by atoms with Crippen molar-refractivity contribution in [1.29, 1.82) is 0 Å². The maximum absolute atomic E-state index is 11.6. The Morgan fingerprint density at radius 1 is 1.45 bits per heavy atom. The number of amides is 3. The van der Waals surface area contributed by atoms with Crippen LogP contribution < -0.4 is 16.5 Å². The first-order chi connectivity index (χ1) is 9.47. The summed E-state index contributed by atoms with van der Waals surface area (Å²) < 4.78 is 1.42. The van der Waals surface area contributed by atoms with Crippen LogP contribution in [0, 0.1) is 0 Å². The first-order valence-corrected chi connectivity index (χ1v) is 7.39. The van der Waals surface area contributed by atoms with Crippen molar-refractivity contribution in [3.8, 4) is 0 Å². The van der Waals surface area contributed by atoms with Gasteiger partial charge in [0.1, 0.15) is 0 Å². The molecule has 0 bridgehead atoms. The van der Waals surface area contributed by atoms with Crippen LogP contribution in [0.3, 0.4) is 0 Å². The number of imide groups is 1. The normalized spacial score (nSPS) is 14.3. The molecule has 1 fully saturated rings. The lowest BCUT2D eigenvalue weighted by Gasteiger charge is -2.08. The van der Waals surface area contributed by atoms with Crippen LogP contribution in [-0.2, 0) is 4.79 Å². The number of nitrogens with two attached hydrogens (primary N) is 1. The molecule has 1 aromatic rings. The average molecular weight is 298 g/mol. The van der Waals surface area contributed by atoms with Crippen molar-refractivity contribution in [2.45, 2.75) is 43.8 Å². The lowest BCUT2D eigenvalue weighted by atomic mass is 10.4. The smallest absolute Gasteiger partial charge is 0.321 e. The number of carbonyl (C=O) groups excluding carboxylic acids is 2. The predicted molar refractivity (Wildman–Crippen MR) is 74.7 cm³/mol. The Labute approximate surface area is 120 Å². The number of nitrogens with zero attached hydrogens (tertiary/aromatic N) is 3. The summed E-state index contributed by atoms with van der Waals surface area (Å²) in [7, 11) is 0. The third-order valence-electron chi connectivity index (χ3n) is 2.64. The van der Waals surface area contributed by atoms with E-state index in [0.29, 0.717) is 11.1 Å². The van der Waals surface area contributed by atoms with Gasteiger partial charge in [0, 0.05) is 12.0 Å². The molecule has 0 aromatic carbocycles. The van der Waals surface area contributed by atoms with E-state index in [1.807, 2.05) is 13.8 Å². The summed E-state index contributed by atoms with van der Waals surface area (Å²) in [5, 5.41) is 13.2. The fourth-order valence-corrected chi connectivity index (χ4v) is 2.26. The monoisotopic (exact) mass is 298 g/mol. The Hall–Kier alpha value is -1.77. The molecular weight excluding hydrogens is 280 g/mol. The molecular formula is C11H18N6O2S. The van der Waals surface area contributed by atoms with Crippen molar-refractivity contribution >= 4 is 23.7 Å². The number of hydrogen-bond acceptors (Lipinski definition) is 6. The molecule has 1 heterocycles. The van der Waals surface area contributed by atoms with Gasteiger partial charge in [-0.05, 0) is 26.7 Å². The van der Waals surface area contributed by atoms with Gasteiger partial charge in [-0.1, -0.05) is 11.8 Å². The van der Waals surface area contributed by atoms with Crippen LogP contribution in [0.25, 0.3) is 0 Å². The Morgan fingerprint density at radius 3 is 2.75 bits per heavy atom. The number of hydrogen-bond donors (Lipinski definition) is 3. The molecule has 0 spiro atoms. The molecule has 0 unspecified atom stereocenters. The third kappa shape index (κ3) is 3.86. The minimum Gasteiger partial charge on any atom is -0.336 e. The first kappa shape index (κ1) is 14.6. The lowest BCUT2D eigenvalue weighted by molar-refractivity contribution is -0.117. The highest BCUT2D eigenvalue weighted by molar-refractivity contribution is 7.99. The topological polar surface area (TPSA) is 115 Å². The SMILES string of the molecule is CC(C)NC(=O)NC(=O)CSc1nnc(C2CC2)n1N. The second kappa shape index (κ2) is 6.12. The van der Waals surface area contributed by atoms with Crippen LogP contribution in [0.4, 0.5) is 4.79 Å². The average Bonchev–Trinajstić information content (AvgIpc) is 3.11. The Kier molecular flexibility index (Phi) is 4.48. The van der Waals surface area contributed by atoms with Crippen LogP contribution in [-0.4, -0.2) is 38.6 Å². The number of nitrogens with one attached hydrogen (secondary N) is 2. The Balaban J connectivity index is 1.80. The van der Waals surface area contributed by atoms with Gasteiger partial charge in [0.25, 0.3) is 0 Å². The van der Waals surface area contributed by atoms with Gasteiger partial charge in [0.2, 0.25) is 11.1 Å². The van der Waals surface area contributed by atoms with Crippen molar-refractivity contribution < 1.29 is 9.59 Å². The summed E-state index contributed by atoms with van der Waals surface area (Å²) in [6, 6.07) is -0.526. The second-order valence-corrected chi connectivity index (χ2v) is 5.89. The van der Waals surface area contributed by atoms with Gasteiger partial charge in [0.05, 0.1) is 5.75 Å². The van der Waals surface area contributed by atoms with Gasteiger partial charge < -0.3 is 11.2 Å². The van der Waals surface area contributed by atoms with E-state index in [9.17, 15) is 9.59 Å². The number of rotatable bonds is 5. The van der Waals surface area contributed by atoms with E-state index >= 15 is 0 Å². The highest BCUT2D eigenvalue weighted by Gasteiger charge is 2.30. The summed E-state index contributed by atoms with van der Waals surface area (Å²) in [6.07, 6.45) is 2.16. The molecule has 0 saturated heterocycles. The summed E-state index contributed by atoms with van der Waals surface area (Å²) in [5.74, 6) is 6.67. The van der Waals surface area contributed by atoms with Crippen LogP contribution in [0.15, 0.2) is 5.16 Å². The van der Waals surface area contributed by atoms with Gasteiger partial charge in [-0.3, -0.25) is 10.1 Å². The summed E-state index contributed by atoms with van der Waals surface area (Å²) in [6.45, 7) is 3.63. The van der Waals surface area contributed by atoms with Crippen LogP contribution >= 0.6 is 11.8 Å². The van der Waals surface area contributed by atoms with E-state index in [4.69, 9.17) is 5.84 Å². The number of nitrogen functional groups attached to an aromatic ring is 1. The summed E-state index contributed by atoms with van der Waals surface area (Å²) >= 11 is 1.15. The van der Waals surface area contributed by atoms with E-state index in [1.54, 1.807) is 0 Å². The van der Waals surface area contributed by atoms with Gasteiger partial charge in [-0.15, -0.1) is 10.2 Å². The Bertz CT molecular complexity index is 511. The largest absolute Gasteiger partial charge is 0.336 e. The molecule has 3 amide bonds. The van der Waals surface area contributed by atoms with E-state index in [1.165, 1.54) is 4.68 Å². The number of urea groups is 1. The number of carbonyl (C=O) groups is 2. The van der Waals surface area contributed by atoms with Crippen LogP contribution in [0.1, 0.15) is 38.4 Å². The molecule has 1 saturated carbocycles. The van der Waals surface area contributed by atoms with Gasteiger partial charge in [0.15, 0.2) is 5.82 Å². The molecule has 1 aromatic heterocycles. The molecule has 0 aliphatic heterocycles. The molecule has 4 N–H and O–H groups in total. The van der Waals surface area contributed by atoms with E-state index in [2.05, 4.69) is 20.8 Å². The van der Waals surface area contributed by atoms with Crippen molar-refractivity contribution in [3.63, 3.8) is 0 Å². The third-order valence-corrected chi connectivity index (χ3v) is 3.58. The molecule has 8 nitrogen and oxygen atoms in total. The zero-order valence-corrected chi connectivity index (χ0v) is 12.2. The Morgan fingerprint density at radius 2 is 2.15 bits per heavy atom. The number of aromatic nitrogens is 3. The highest BCUT2D eigenvalue weighted by atomic mass is 32.2. The minimum atomic E-state index is -0.501. The molecule has 20 heavy (non-hydrogen) atoms. The quantitative estimate of drug-likeness (QED) is 0.528. The van der Waals surface area contributed by atoms with Gasteiger partial charge >= 0.3 is 6.03 Å². The lowest BCUT2D eigenvalue weighted by Crippen LogP contribution is -2.43. The second-order valence-electron chi connectivity index (χ2n) is 4.95. The van der Waals surface area contributed by atoms with Crippen molar-refractivity contribution in [2.24, 2.45) is 0 Å². The molecule has 110 valence electrons. The number of thioether (sulfide) groups is 1. The van der Waals surface area contributed by atoms with Crippen molar-refractivity contribution in [3.05, 3.63) is 5.82 Å². The fourth-order valence-electron chi connectivity index (χ4n) is 1.60. The molecule has 9 heteroatoms. The van der Waals surface area contributed by atoms with Crippen molar-refractivity contribution in [1.82, 2.24) is 25.5 Å². The molecule has 1 aliphatic carbocycles.